The summed E-state index contributed by atoms with van der Waals surface area (Å²) in [4.78, 5) is 0. The third-order valence-corrected chi connectivity index (χ3v) is 2.88. The van der Waals surface area contributed by atoms with E-state index in [0.29, 0.717) is 6.54 Å². The van der Waals surface area contributed by atoms with Gasteiger partial charge < -0.3 is 11.1 Å². The molecule has 80 valence electrons. The molecule has 0 saturated heterocycles. The van der Waals surface area contributed by atoms with Gasteiger partial charge in [-0.25, -0.2) is 5.53 Å². The van der Waals surface area contributed by atoms with Crippen LogP contribution in [-0.2, 0) is 13.0 Å². The van der Waals surface area contributed by atoms with Crippen molar-refractivity contribution in [1.29, 1.82) is 5.53 Å². The van der Waals surface area contributed by atoms with Gasteiger partial charge in [0.25, 0.3) is 0 Å². The summed E-state index contributed by atoms with van der Waals surface area (Å²) in [6.45, 7) is 2.36. The van der Waals surface area contributed by atoms with E-state index >= 15 is 0 Å². The standard InChI is InChI=1S/C11H16N4/c12-6-11(15-13)9-2-1-8-3-4-14-7-10(8)5-9/h1-2,5,11,13-14H,3-4,6-7,12H2. The second-order valence-electron chi connectivity index (χ2n) is 3.84. The van der Waals surface area contributed by atoms with Crippen LogP contribution in [0, 0.1) is 5.53 Å². The molecule has 0 spiro atoms. The average molecular weight is 204 g/mol. The van der Waals surface area contributed by atoms with Crippen molar-refractivity contribution in [3.63, 3.8) is 0 Å². The van der Waals surface area contributed by atoms with Crippen LogP contribution in [0.3, 0.4) is 0 Å². The van der Waals surface area contributed by atoms with E-state index in [0.717, 1.165) is 25.1 Å². The van der Waals surface area contributed by atoms with Crippen molar-refractivity contribution >= 4 is 0 Å². The van der Waals surface area contributed by atoms with Crippen molar-refractivity contribution in [3.8, 4) is 0 Å². The van der Waals surface area contributed by atoms with Gasteiger partial charge >= 0.3 is 0 Å². The maximum absolute atomic E-state index is 7.07. The van der Waals surface area contributed by atoms with Crippen LogP contribution in [0.2, 0.25) is 0 Å². The largest absolute Gasteiger partial charge is 0.328 e. The van der Waals surface area contributed by atoms with E-state index in [-0.39, 0.29) is 6.04 Å². The van der Waals surface area contributed by atoms with E-state index in [9.17, 15) is 0 Å². The van der Waals surface area contributed by atoms with E-state index < -0.39 is 0 Å². The lowest BCUT2D eigenvalue weighted by atomic mass is 9.96. The molecule has 1 aromatic carbocycles. The molecule has 0 aromatic heterocycles. The molecule has 0 amide bonds. The lowest BCUT2D eigenvalue weighted by molar-refractivity contribution is 0.635. The Morgan fingerprint density at radius 1 is 1.47 bits per heavy atom. The van der Waals surface area contributed by atoms with Crippen LogP contribution in [-0.4, -0.2) is 13.1 Å². The monoisotopic (exact) mass is 204 g/mol. The van der Waals surface area contributed by atoms with Gasteiger partial charge in [-0.05, 0) is 29.7 Å². The highest BCUT2D eigenvalue weighted by Crippen LogP contribution is 2.21. The first kappa shape index (κ1) is 10.3. The zero-order valence-corrected chi connectivity index (χ0v) is 8.66. The Morgan fingerprint density at radius 2 is 2.33 bits per heavy atom. The minimum Gasteiger partial charge on any atom is -0.328 e. The van der Waals surface area contributed by atoms with Gasteiger partial charge in [0, 0.05) is 13.1 Å². The van der Waals surface area contributed by atoms with Crippen LogP contribution in [0.15, 0.2) is 23.3 Å². The highest BCUT2D eigenvalue weighted by Gasteiger charge is 2.13. The third-order valence-electron chi connectivity index (χ3n) is 2.88. The van der Waals surface area contributed by atoms with Gasteiger partial charge in [-0.3, -0.25) is 0 Å². The summed E-state index contributed by atoms with van der Waals surface area (Å²) in [7, 11) is 0. The van der Waals surface area contributed by atoms with E-state index in [1.54, 1.807) is 0 Å². The molecule has 0 bridgehead atoms. The van der Waals surface area contributed by atoms with Gasteiger partial charge in [0.15, 0.2) is 0 Å². The molecule has 1 heterocycles. The molecule has 1 atom stereocenters. The normalized spacial score (nSPS) is 16.9. The van der Waals surface area contributed by atoms with E-state index in [4.69, 9.17) is 11.3 Å². The second kappa shape index (κ2) is 4.51. The third kappa shape index (κ3) is 2.06. The topological polar surface area (TPSA) is 74.3 Å². The van der Waals surface area contributed by atoms with Gasteiger partial charge in [-0.2, -0.15) is 5.11 Å². The van der Waals surface area contributed by atoms with Crippen molar-refractivity contribution in [2.75, 3.05) is 13.1 Å². The molecule has 4 N–H and O–H groups in total. The SMILES string of the molecule is N=NC(CN)c1ccc2c(c1)CNCC2. The molecule has 4 nitrogen and oxygen atoms in total. The van der Waals surface area contributed by atoms with Gasteiger partial charge in [0.05, 0.1) is 0 Å². The van der Waals surface area contributed by atoms with Gasteiger partial charge in [-0.15, -0.1) is 0 Å². The summed E-state index contributed by atoms with van der Waals surface area (Å²) >= 11 is 0. The van der Waals surface area contributed by atoms with Crippen LogP contribution in [0.4, 0.5) is 0 Å². The maximum atomic E-state index is 7.07. The first-order valence-electron chi connectivity index (χ1n) is 5.24. The van der Waals surface area contributed by atoms with E-state index in [1.807, 2.05) is 6.07 Å². The molecule has 4 heteroatoms. The molecule has 0 fully saturated rings. The summed E-state index contributed by atoms with van der Waals surface area (Å²) in [6.07, 6.45) is 1.08. The first-order valence-corrected chi connectivity index (χ1v) is 5.24. The predicted octanol–water partition coefficient (Wildman–Crippen LogP) is 1.36. The number of benzene rings is 1. The van der Waals surface area contributed by atoms with Crippen LogP contribution in [0.1, 0.15) is 22.7 Å². The van der Waals surface area contributed by atoms with Crippen LogP contribution in [0.5, 0.6) is 0 Å². The Bertz CT molecular complexity index is 362. The Balaban J connectivity index is 2.30. The lowest BCUT2D eigenvalue weighted by Crippen LogP contribution is -2.24. The van der Waals surface area contributed by atoms with Crippen molar-refractivity contribution in [2.24, 2.45) is 10.8 Å². The fourth-order valence-electron chi connectivity index (χ4n) is 1.97. The number of rotatable bonds is 3. The highest BCUT2D eigenvalue weighted by atomic mass is 15.0. The second-order valence-corrected chi connectivity index (χ2v) is 3.84. The summed E-state index contributed by atoms with van der Waals surface area (Å²) in [5.74, 6) is 0. The zero-order chi connectivity index (χ0) is 10.7. The van der Waals surface area contributed by atoms with Gasteiger partial charge in [-0.1, -0.05) is 18.2 Å². The molecule has 1 aliphatic rings. The van der Waals surface area contributed by atoms with Crippen LogP contribution < -0.4 is 11.1 Å². The molecule has 1 unspecified atom stereocenters. The van der Waals surface area contributed by atoms with Gasteiger partial charge in [0.2, 0.25) is 0 Å². The molecular weight excluding hydrogens is 188 g/mol. The Kier molecular flexibility index (Phi) is 3.08. The van der Waals surface area contributed by atoms with Gasteiger partial charge in [0.1, 0.15) is 6.04 Å². The molecule has 2 rings (SSSR count). The smallest absolute Gasteiger partial charge is 0.108 e. The molecule has 15 heavy (non-hydrogen) atoms. The number of hydrogen-bond acceptors (Lipinski definition) is 4. The fourth-order valence-corrected chi connectivity index (χ4v) is 1.97. The van der Waals surface area contributed by atoms with Crippen molar-refractivity contribution in [2.45, 2.75) is 19.0 Å². The van der Waals surface area contributed by atoms with Crippen molar-refractivity contribution in [3.05, 3.63) is 34.9 Å². The Labute approximate surface area is 89.4 Å². The van der Waals surface area contributed by atoms with E-state index in [2.05, 4.69) is 22.6 Å². The highest BCUT2D eigenvalue weighted by molar-refractivity contribution is 5.35. The average Bonchev–Trinajstić information content (AvgIpc) is 2.30. The fraction of sp³-hybridized carbons (Fsp3) is 0.455. The first-order chi connectivity index (χ1) is 7.35. The number of hydrogen-bond donors (Lipinski definition) is 3. The number of nitrogens with two attached hydrogens (primary N) is 1. The lowest BCUT2D eigenvalue weighted by Gasteiger charge is -2.19. The molecule has 0 saturated carbocycles. The minimum atomic E-state index is -0.183. The number of nitrogens with zero attached hydrogens (tertiary/aromatic N) is 1. The molecule has 0 aliphatic carbocycles. The minimum absolute atomic E-state index is 0.183. The molecular formula is C11H16N4. The number of fused-ring (bicyclic) bond motifs is 1. The maximum Gasteiger partial charge on any atom is 0.108 e. The quantitative estimate of drug-likeness (QED) is 0.650. The molecule has 1 aromatic rings. The summed E-state index contributed by atoms with van der Waals surface area (Å²) < 4.78 is 0. The van der Waals surface area contributed by atoms with Crippen LogP contribution in [0.25, 0.3) is 0 Å². The number of nitrogens with one attached hydrogen (secondary N) is 2. The summed E-state index contributed by atoms with van der Waals surface area (Å²) in [5.41, 5.74) is 16.4. The summed E-state index contributed by atoms with van der Waals surface area (Å²) in [5, 5.41) is 6.86. The molecule has 1 aliphatic heterocycles. The zero-order valence-electron chi connectivity index (χ0n) is 8.66. The van der Waals surface area contributed by atoms with Crippen molar-refractivity contribution < 1.29 is 0 Å². The van der Waals surface area contributed by atoms with Crippen LogP contribution >= 0.6 is 0 Å². The summed E-state index contributed by atoms with van der Waals surface area (Å²) in [6, 6.07) is 6.12. The van der Waals surface area contributed by atoms with Crippen molar-refractivity contribution in [1.82, 2.24) is 5.32 Å². The molecule has 0 radical (unpaired) electrons. The Morgan fingerprint density at radius 3 is 3.07 bits per heavy atom. The Hall–Kier alpha value is -1.26. The van der Waals surface area contributed by atoms with E-state index in [1.165, 1.54) is 11.1 Å². The predicted molar refractivity (Wildman–Crippen MR) is 58.8 cm³/mol.